The predicted molar refractivity (Wildman–Crippen MR) is 102 cm³/mol. The van der Waals surface area contributed by atoms with E-state index in [4.69, 9.17) is 20.8 Å². The molecule has 0 bridgehead atoms. The molecule has 3 rings (SSSR count). The van der Waals surface area contributed by atoms with Crippen LogP contribution >= 0.6 is 23.4 Å². The standard InChI is InChI=1S/C18H18ClN3O4S/c1-24-10-9-22-16(12-3-5-13(19)6-4-12)20-21-18(22)27-11-14-7-8-15(26-14)17(23)25-2/h3-8H,9-11H2,1-2H3. The third-order valence-corrected chi connectivity index (χ3v) is 4.97. The van der Waals surface area contributed by atoms with E-state index in [-0.39, 0.29) is 5.76 Å². The van der Waals surface area contributed by atoms with Crippen molar-refractivity contribution in [3.05, 3.63) is 52.9 Å². The number of nitrogens with zero attached hydrogens (tertiary/aromatic N) is 3. The molecule has 0 aliphatic carbocycles. The first-order chi connectivity index (χ1) is 13.1. The van der Waals surface area contributed by atoms with Crippen LogP contribution in [0.5, 0.6) is 0 Å². The van der Waals surface area contributed by atoms with Crippen LogP contribution in [0.3, 0.4) is 0 Å². The Morgan fingerprint density at radius 2 is 1.96 bits per heavy atom. The minimum Gasteiger partial charge on any atom is -0.463 e. The molecule has 0 fully saturated rings. The smallest absolute Gasteiger partial charge is 0.373 e. The number of ether oxygens (including phenoxy) is 2. The first-order valence-electron chi connectivity index (χ1n) is 8.10. The monoisotopic (exact) mass is 407 g/mol. The molecular formula is C18H18ClN3O4S. The number of carbonyl (C=O) groups is 1. The third kappa shape index (κ3) is 4.71. The van der Waals surface area contributed by atoms with Crippen molar-refractivity contribution in [3.8, 4) is 11.4 Å². The fraction of sp³-hybridized carbons (Fsp3) is 0.278. The van der Waals surface area contributed by atoms with Gasteiger partial charge in [-0.1, -0.05) is 23.4 Å². The van der Waals surface area contributed by atoms with Crippen LogP contribution in [0.4, 0.5) is 0 Å². The van der Waals surface area contributed by atoms with Crippen LogP contribution < -0.4 is 0 Å². The Labute approximate surface area is 165 Å². The molecule has 0 saturated heterocycles. The van der Waals surface area contributed by atoms with Crippen molar-refractivity contribution in [1.82, 2.24) is 14.8 Å². The summed E-state index contributed by atoms with van der Waals surface area (Å²) in [5.41, 5.74) is 0.917. The predicted octanol–water partition coefficient (Wildman–Crippen LogP) is 3.92. The fourth-order valence-corrected chi connectivity index (χ4v) is 3.38. The summed E-state index contributed by atoms with van der Waals surface area (Å²) < 4.78 is 17.3. The van der Waals surface area contributed by atoms with Crippen LogP contribution in [0.15, 0.2) is 46.0 Å². The Balaban J connectivity index is 1.79. The summed E-state index contributed by atoms with van der Waals surface area (Å²) in [6.45, 7) is 1.13. The van der Waals surface area contributed by atoms with Gasteiger partial charge in [0.1, 0.15) is 5.76 Å². The second-order valence-electron chi connectivity index (χ2n) is 5.50. The Morgan fingerprint density at radius 1 is 1.19 bits per heavy atom. The zero-order valence-electron chi connectivity index (χ0n) is 14.8. The molecule has 9 heteroatoms. The zero-order chi connectivity index (χ0) is 19.2. The van der Waals surface area contributed by atoms with Crippen LogP contribution in [0, 0.1) is 0 Å². The molecule has 2 aromatic heterocycles. The molecule has 0 radical (unpaired) electrons. The molecule has 0 saturated carbocycles. The highest BCUT2D eigenvalue weighted by atomic mass is 35.5. The second kappa shape index (κ2) is 9.07. The van der Waals surface area contributed by atoms with Gasteiger partial charge in [0.25, 0.3) is 0 Å². The molecule has 142 valence electrons. The SMILES string of the molecule is COCCn1c(SCc2ccc(C(=O)OC)o2)nnc1-c1ccc(Cl)cc1. The number of methoxy groups -OCH3 is 2. The van der Waals surface area contributed by atoms with Gasteiger partial charge in [0.2, 0.25) is 5.76 Å². The number of aromatic nitrogens is 3. The van der Waals surface area contributed by atoms with Crippen molar-refractivity contribution in [2.24, 2.45) is 0 Å². The van der Waals surface area contributed by atoms with Gasteiger partial charge in [-0.3, -0.25) is 4.57 Å². The first-order valence-corrected chi connectivity index (χ1v) is 9.46. The van der Waals surface area contributed by atoms with Gasteiger partial charge in [-0.15, -0.1) is 10.2 Å². The maximum absolute atomic E-state index is 11.5. The summed E-state index contributed by atoms with van der Waals surface area (Å²) in [6.07, 6.45) is 0. The van der Waals surface area contributed by atoms with Crippen molar-refractivity contribution < 1.29 is 18.7 Å². The number of hydrogen-bond donors (Lipinski definition) is 0. The topological polar surface area (TPSA) is 79.4 Å². The van der Waals surface area contributed by atoms with E-state index in [1.165, 1.54) is 18.9 Å². The molecule has 0 aliphatic rings. The molecular weight excluding hydrogens is 390 g/mol. The quantitative estimate of drug-likeness (QED) is 0.413. The van der Waals surface area contributed by atoms with Crippen LogP contribution in [0.2, 0.25) is 5.02 Å². The van der Waals surface area contributed by atoms with Gasteiger partial charge in [0, 0.05) is 17.7 Å². The van der Waals surface area contributed by atoms with Gasteiger partial charge in [-0.2, -0.15) is 0 Å². The number of halogens is 1. The first kappa shape index (κ1) is 19.5. The minimum absolute atomic E-state index is 0.177. The Bertz CT molecular complexity index is 908. The van der Waals surface area contributed by atoms with Crippen LogP contribution in [-0.2, 0) is 21.8 Å². The minimum atomic E-state index is -0.500. The third-order valence-electron chi connectivity index (χ3n) is 3.73. The highest BCUT2D eigenvalue weighted by Crippen LogP contribution is 2.27. The molecule has 2 heterocycles. The van der Waals surface area contributed by atoms with Crippen LogP contribution in [0.25, 0.3) is 11.4 Å². The van der Waals surface area contributed by atoms with Gasteiger partial charge in [-0.25, -0.2) is 4.79 Å². The molecule has 1 aromatic carbocycles. The summed E-state index contributed by atoms with van der Waals surface area (Å²) >= 11 is 7.43. The van der Waals surface area contributed by atoms with Crippen LogP contribution in [-0.4, -0.2) is 41.6 Å². The number of carbonyl (C=O) groups excluding carboxylic acids is 1. The zero-order valence-corrected chi connectivity index (χ0v) is 16.4. The summed E-state index contributed by atoms with van der Waals surface area (Å²) in [5.74, 6) is 1.56. The Hall–Kier alpha value is -2.29. The average molecular weight is 408 g/mol. The maximum atomic E-state index is 11.5. The van der Waals surface area contributed by atoms with E-state index in [1.807, 2.05) is 28.8 Å². The summed E-state index contributed by atoms with van der Waals surface area (Å²) in [6, 6.07) is 10.8. The van der Waals surface area contributed by atoms with E-state index in [9.17, 15) is 4.79 Å². The molecule has 0 atom stereocenters. The lowest BCUT2D eigenvalue weighted by molar-refractivity contribution is 0.0563. The highest BCUT2D eigenvalue weighted by molar-refractivity contribution is 7.98. The molecule has 0 N–H and O–H groups in total. The van der Waals surface area contributed by atoms with Crippen molar-refractivity contribution in [2.45, 2.75) is 17.5 Å². The van der Waals surface area contributed by atoms with Crippen molar-refractivity contribution >= 4 is 29.3 Å². The maximum Gasteiger partial charge on any atom is 0.373 e. The van der Waals surface area contributed by atoms with E-state index in [2.05, 4.69) is 14.9 Å². The van der Waals surface area contributed by atoms with Crippen molar-refractivity contribution in [3.63, 3.8) is 0 Å². The summed E-state index contributed by atoms with van der Waals surface area (Å²) in [7, 11) is 2.96. The van der Waals surface area contributed by atoms with Gasteiger partial charge >= 0.3 is 5.97 Å². The normalized spacial score (nSPS) is 10.9. The highest BCUT2D eigenvalue weighted by Gasteiger charge is 2.16. The van der Waals surface area contributed by atoms with E-state index >= 15 is 0 Å². The number of benzene rings is 1. The largest absolute Gasteiger partial charge is 0.463 e. The Kier molecular flexibility index (Phi) is 6.54. The van der Waals surface area contributed by atoms with Gasteiger partial charge < -0.3 is 13.9 Å². The number of rotatable bonds is 8. The molecule has 0 amide bonds. The lowest BCUT2D eigenvalue weighted by atomic mass is 10.2. The Morgan fingerprint density at radius 3 is 2.67 bits per heavy atom. The molecule has 0 spiro atoms. The molecule has 27 heavy (non-hydrogen) atoms. The number of esters is 1. The van der Waals surface area contributed by atoms with E-state index in [0.29, 0.717) is 29.7 Å². The van der Waals surface area contributed by atoms with E-state index in [1.54, 1.807) is 19.2 Å². The van der Waals surface area contributed by atoms with E-state index < -0.39 is 5.97 Å². The molecule has 7 nitrogen and oxygen atoms in total. The van der Waals surface area contributed by atoms with E-state index in [0.717, 1.165) is 16.5 Å². The van der Waals surface area contributed by atoms with Gasteiger partial charge in [0.15, 0.2) is 11.0 Å². The van der Waals surface area contributed by atoms with Gasteiger partial charge in [0.05, 0.1) is 26.0 Å². The lowest BCUT2D eigenvalue weighted by Crippen LogP contribution is -2.07. The molecule has 3 aromatic rings. The average Bonchev–Trinajstić information content (AvgIpc) is 3.31. The molecule has 0 aliphatic heterocycles. The van der Waals surface area contributed by atoms with Gasteiger partial charge in [-0.05, 0) is 36.4 Å². The second-order valence-corrected chi connectivity index (χ2v) is 6.88. The number of thioether (sulfide) groups is 1. The van der Waals surface area contributed by atoms with Crippen molar-refractivity contribution in [2.75, 3.05) is 20.8 Å². The lowest BCUT2D eigenvalue weighted by Gasteiger charge is -2.09. The van der Waals surface area contributed by atoms with Crippen molar-refractivity contribution in [1.29, 1.82) is 0 Å². The summed E-state index contributed by atoms with van der Waals surface area (Å²) in [4.78, 5) is 11.5. The summed E-state index contributed by atoms with van der Waals surface area (Å²) in [5, 5.41) is 10.0. The molecule has 0 unspecified atom stereocenters. The van der Waals surface area contributed by atoms with Crippen LogP contribution in [0.1, 0.15) is 16.3 Å². The fourth-order valence-electron chi connectivity index (χ4n) is 2.39. The number of hydrogen-bond acceptors (Lipinski definition) is 7. The number of furan rings is 1.